The van der Waals surface area contributed by atoms with Crippen molar-refractivity contribution in [3.8, 4) is 10.7 Å². The Labute approximate surface area is 119 Å². The van der Waals surface area contributed by atoms with E-state index < -0.39 is 0 Å². The van der Waals surface area contributed by atoms with Crippen LogP contribution in [-0.2, 0) is 0 Å². The third-order valence-electron chi connectivity index (χ3n) is 3.81. The highest BCUT2D eigenvalue weighted by Gasteiger charge is 2.30. The zero-order valence-corrected chi connectivity index (χ0v) is 11.9. The molecule has 20 heavy (non-hydrogen) atoms. The number of para-hydroxylation sites is 1. The van der Waals surface area contributed by atoms with Crippen molar-refractivity contribution >= 4 is 28.1 Å². The van der Waals surface area contributed by atoms with Crippen LogP contribution in [-0.4, -0.2) is 9.55 Å². The van der Waals surface area contributed by atoms with Crippen molar-refractivity contribution < 1.29 is 4.39 Å². The average Bonchev–Trinajstić information content (AvgIpc) is 3.12. The van der Waals surface area contributed by atoms with Crippen LogP contribution in [0, 0.1) is 12.7 Å². The molecule has 1 saturated carbocycles. The molecule has 1 aromatic carbocycles. The molecule has 102 valence electrons. The summed E-state index contributed by atoms with van der Waals surface area (Å²) in [6.07, 6.45) is 2.25. The second kappa shape index (κ2) is 4.06. The minimum Gasteiger partial charge on any atom is -0.397 e. The van der Waals surface area contributed by atoms with Gasteiger partial charge in [0.1, 0.15) is 5.52 Å². The van der Waals surface area contributed by atoms with Gasteiger partial charge in [-0.05, 0) is 42.8 Å². The van der Waals surface area contributed by atoms with Crippen molar-refractivity contribution in [3.63, 3.8) is 0 Å². The molecule has 0 atom stereocenters. The lowest BCUT2D eigenvalue weighted by molar-refractivity contribution is 0.637. The van der Waals surface area contributed by atoms with Crippen LogP contribution in [0.5, 0.6) is 0 Å². The predicted octanol–water partition coefficient (Wildman–Crippen LogP) is 4.13. The summed E-state index contributed by atoms with van der Waals surface area (Å²) in [7, 11) is 0. The van der Waals surface area contributed by atoms with Gasteiger partial charge >= 0.3 is 0 Å². The van der Waals surface area contributed by atoms with Crippen LogP contribution in [0.2, 0.25) is 0 Å². The number of benzene rings is 1. The summed E-state index contributed by atoms with van der Waals surface area (Å²) >= 11 is 1.58. The molecule has 1 fully saturated rings. The molecule has 2 N–H and O–H groups in total. The topological polar surface area (TPSA) is 43.8 Å². The fourth-order valence-corrected chi connectivity index (χ4v) is 3.53. The number of thiophene rings is 1. The van der Waals surface area contributed by atoms with Gasteiger partial charge in [0.25, 0.3) is 0 Å². The van der Waals surface area contributed by atoms with E-state index in [2.05, 4.69) is 9.55 Å². The van der Waals surface area contributed by atoms with E-state index in [1.807, 2.05) is 18.4 Å². The van der Waals surface area contributed by atoms with Crippen LogP contribution in [0.4, 0.5) is 10.1 Å². The Kier molecular flexibility index (Phi) is 2.41. The van der Waals surface area contributed by atoms with E-state index in [-0.39, 0.29) is 5.82 Å². The van der Waals surface area contributed by atoms with Crippen molar-refractivity contribution in [1.82, 2.24) is 9.55 Å². The number of halogens is 1. The number of aromatic nitrogens is 2. The van der Waals surface area contributed by atoms with Crippen molar-refractivity contribution in [2.45, 2.75) is 25.8 Å². The fraction of sp³-hybridized carbons (Fsp3) is 0.267. The molecular weight excluding hydrogens is 273 g/mol. The summed E-state index contributed by atoms with van der Waals surface area (Å²) in [5, 5.41) is 2.03. The highest BCUT2D eigenvalue weighted by Crippen LogP contribution is 2.44. The highest BCUT2D eigenvalue weighted by atomic mass is 32.1. The Balaban J connectivity index is 2.06. The lowest BCUT2D eigenvalue weighted by Crippen LogP contribution is -1.98. The molecule has 5 heteroatoms. The van der Waals surface area contributed by atoms with Crippen LogP contribution < -0.4 is 5.73 Å². The maximum atomic E-state index is 14.0. The van der Waals surface area contributed by atoms with Gasteiger partial charge in [-0.2, -0.15) is 0 Å². The molecule has 0 radical (unpaired) electrons. The second-order valence-corrected chi connectivity index (χ2v) is 6.19. The summed E-state index contributed by atoms with van der Waals surface area (Å²) in [4.78, 5) is 5.49. The number of nitrogens with zero attached hydrogens (tertiary/aromatic N) is 2. The van der Waals surface area contributed by atoms with E-state index in [0.29, 0.717) is 11.6 Å². The maximum absolute atomic E-state index is 14.0. The zero-order chi connectivity index (χ0) is 13.9. The molecule has 1 aliphatic carbocycles. The number of fused-ring (bicyclic) bond motifs is 1. The van der Waals surface area contributed by atoms with Crippen LogP contribution in [0.15, 0.2) is 23.6 Å². The Morgan fingerprint density at radius 3 is 2.85 bits per heavy atom. The van der Waals surface area contributed by atoms with Crippen molar-refractivity contribution in [2.75, 3.05) is 5.73 Å². The standard InChI is InChI=1S/C15H14FN3S/c1-8-7-20-14(12(8)17)15-18-13-10(16)3-2-4-11(13)19(15)9-5-6-9/h2-4,7,9H,5-6,17H2,1H3. The van der Waals surface area contributed by atoms with Gasteiger partial charge in [0.05, 0.1) is 16.1 Å². The molecule has 2 heterocycles. The van der Waals surface area contributed by atoms with E-state index in [0.717, 1.165) is 40.3 Å². The van der Waals surface area contributed by atoms with Gasteiger partial charge in [0, 0.05) is 6.04 Å². The summed E-state index contributed by atoms with van der Waals surface area (Å²) in [5.74, 6) is 0.540. The SMILES string of the molecule is Cc1csc(-c2nc3c(F)cccc3n2C2CC2)c1N. The number of anilines is 1. The minimum atomic E-state index is -0.269. The number of rotatable bonds is 2. The number of nitrogens with two attached hydrogens (primary N) is 1. The number of hydrogen-bond donors (Lipinski definition) is 1. The molecule has 0 spiro atoms. The lowest BCUT2D eigenvalue weighted by atomic mass is 10.2. The molecule has 0 aliphatic heterocycles. The Bertz CT molecular complexity index is 814. The van der Waals surface area contributed by atoms with Crippen LogP contribution in [0.25, 0.3) is 21.7 Å². The first-order chi connectivity index (χ1) is 9.66. The van der Waals surface area contributed by atoms with Crippen LogP contribution in [0.1, 0.15) is 24.4 Å². The Morgan fingerprint density at radius 2 is 2.20 bits per heavy atom. The number of aryl methyl sites for hydroxylation is 1. The Morgan fingerprint density at radius 1 is 1.40 bits per heavy atom. The number of imidazole rings is 1. The molecule has 3 nitrogen and oxygen atoms in total. The van der Waals surface area contributed by atoms with Gasteiger partial charge < -0.3 is 10.3 Å². The summed E-state index contributed by atoms with van der Waals surface area (Å²) in [6.45, 7) is 1.99. The maximum Gasteiger partial charge on any atom is 0.153 e. The number of nitrogen functional groups attached to an aromatic ring is 1. The second-order valence-electron chi connectivity index (χ2n) is 5.31. The zero-order valence-electron chi connectivity index (χ0n) is 11.1. The van der Waals surface area contributed by atoms with Gasteiger partial charge in [-0.15, -0.1) is 11.3 Å². The molecule has 1 aliphatic rings. The fourth-order valence-electron chi connectivity index (χ4n) is 2.57. The first kappa shape index (κ1) is 11.9. The van der Waals surface area contributed by atoms with Gasteiger partial charge in [-0.25, -0.2) is 9.37 Å². The monoisotopic (exact) mass is 287 g/mol. The van der Waals surface area contributed by atoms with E-state index in [1.54, 1.807) is 17.4 Å². The van der Waals surface area contributed by atoms with Gasteiger partial charge in [-0.3, -0.25) is 0 Å². The summed E-state index contributed by atoms with van der Waals surface area (Å²) < 4.78 is 16.1. The normalized spacial score (nSPS) is 15.1. The third-order valence-corrected chi connectivity index (χ3v) is 4.92. The number of hydrogen-bond acceptors (Lipinski definition) is 3. The minimum absolute atomic E-state index is 0.269. The molecule has 0 saturated heterocycles. The summed E-state index contributed by atoms with van der Waals surface area (Å²) in [5.41, 5.74) is 9.27. The molecule has 0 unspecified atom stereocenters. The quantitative estimate of drug-likeness (QED) is 0.770. The predicted molar refractivity (Wildman–Crippen MR) is 80.4 cm³/mol. The average molecular weight is 287 g/mol. The molecule has 0 amide bonds. The molecule has 4 rings (SSSR count). The third kappa shape index (κ3) is 1.59. The van der Waals surface area contributed by atoms with Crippen molar-refractivity contribution in [1.29, 1.82) is 0 Å². The van der Waals surface area contributed by atoms with E-state index in [4.69, 9.17) is 5.73 Å². The molecule has 3 aromatic rings. The van der Waals surface area contributed by atoms with Crippen LogP contribution >= 0.6 is 11.3 Å². The van der Waals surface area contributed by atoms with Crippen LogP contribution in [0.3, 0.4) is 0 Å². The van der Waals surface area contributed by atoms with Gasteiger partial charge in [0.15, 0.2) is 11.6 Å². The summed E-state index contributed by atoms with van der Waals surface area (Å²) in [6, 6.07) is 5.56. The lowest BCUT2D eigenvalue weighted by Gasteiger charge is -2.07. The molecule has 0 bridgehead atoms. The molecule has 2 aromatic heterocycles. The van der Waals surface area contributed by atoms with Gasteiger partial charge in [-0.1, -0.05) is 6.07 Å². The van der Waals surface area contributed by atoms with E-state index >= 15 is 0 Å². The van der Waals surface area contributed by atoms with Gasteiger partial charge in [0.2, 0.25) is 0 Å². The van der Waals surface area contributed by atoms with Crippen molar-refractivity contribution in [2.24, 2.45) is 0 Å². The highest BCUT2D eigenvalue weighted by molar-refractivity contribution is 7.14. The Hall–Kier alpha value is -1.88. The molecular formula is C15H14FN3S. The first-order valence-corrected chi connectivity index (χ1v) is 7.55. The van der Waals surface area contributed by atoms with Crippen molar-refractivity contribution in [3.05, 3.63) is 35.0 Å². The van der Waals surface area contributed by atoms with E-state index in [9.17, 15) is 4.39 Å². The first-order valence-electron chi connectivity index (χ1n) is 6.67. The largest absolute Gasteiger partial charge is 0.397 e. The van der Waals surface area contributed by atoms with E-state index in [1.165, 1.54) is 6.07 Å². The smallest absolute Gasteiger partial charge is 0.153 e.